The zero-order valence-electron chi connectivity index (χ0n) is 11.6. The first-order valence-electron chi connectivity index (χ1n) is 6.17. The van der Waals surface area contributed by atoms with Crippen LogP contribution in [0.4, 0.5) is 11.4 Å². The highest BCUT2D eigenvalue weighted by molar-refractivity contribution is 7.80. The lowest BCUT2D eigenvalue weighted by molar-refractivity contribution is 0.395. The minimum Gasteiger partial charge on any atom is -0.497 e. The van der Waals surface area contributed by atoms with Crippen LogP contribution in [-0.4, -0.2) is 19.3 Å². The van der Waals surface area contributed by atoms with Crippen LogP contribution in [-0.2, 0) is 0 Å². The Morgan fingerprint density at radius 1 is 0.905 bits per heavy atom. The predicted octanol–water partition coefficient (Wildman–Crippen LogP) is 4.17. The minimum absolute atomic E-state index is 0.465. The van der Waals surface area contributed by atoms with E-state index in [0.29, 0.717) is 21.6 Å². The van der Waals surface area contributed by atoms with E-state index in [-0.39, 0.29) is 0 Å². The van der Waals surface area contributed by atoms with E-state index in [0.717, 1.165) is 11.4 Å². The number of thiocarbonyl (C=S) groups is 1. The summed E-state index contributed by atoms with van der Waals surface area (Å²) >= 11 is 11.1. The molecule has 21 heavy (non-hydrogen) atoms. The number of methoxy groups -OCH3 is 2. The third-order valence-electron chi connectivity index (χ3n) is 2.71. The fraction of sp³-hybridized carbons (Fsp3) is 0.133. The standard InChI is InChI=1S/C15H15ClN2O2S/c1-19-13-7-12(8-14(9-13)20-2)18-15(21)17-11-5-3-10(16)4-6-11/h3-9H,1-2H3,(H2,17,18,21). The normalized spacial score (nSPS) is 9.86. The number of hydrogen-bond acceptors (Lipinski definition) is 3. The Morgan fingerprint density at radius 3 is 1.95 bits per heavy atom. The first kappa shape index (κ1) is 15.4. The van der Waals surface area contributed by atoms with Crippen molar-refractivity contribution >= 4 is 40.3 Å². The smallest absolute Gasteiger partial charge is 0.175 e. The highest BCUT2D eigenvalue weighted by Crippen LogP contribution is 2.26. The first-order valence-corrected chi connectivity index (χ1v) is 6.96. The second kappa shape index (κ2) is 7.15. The van der Waals surface area contributed by atoms with Gasteiger partial charge in [-0.2, -0.15) is 0 Å². The van der Waals surface area contributed by atoms with Gasteiger partial charge in [0.15, 0.2) is 5.11 Å². The summed E-state index contributed by atoms with van der Waals surface area (Å²) in [6.07, 6.45) is 0. The molecule has 0 spiro atoms. The van der Waals surface area contributed by atoms with Gasteiger partial charge in [-0.3, -0.25) is 0 Å². The molecule has 110 valence electrons. The van der Waals surface area contributed by atoms with Gasteiger partial charge in [-0.25, -0.2) is 0 Å². The Bertz CT molecular complexity index is 610. The summed E-state index contributed by atoms with van der Waals surface area (Å²) in [7, 11) is 3.20. The average molecular weight is 323 g/mol. The molecule has 0 radical (unpaired) electrons. The molecule has 0 saturated carbocycles. The van der Waals surface area contributed by atoms with Gasteiger partial charge < -0.3 is 20.1 Å². The van der Waals surface area contributed by atoms with Crippen LogP contribution < -0.4 is 20.1 Å². The molecule has 0 fully saturated rings. The van der Waals surface area contributed by atoms with Crippen molar-refractivity contribution < 1.29 is 9.47 Å². The largest absolute Gasteiger partial charge is 0.497 e. The summed E-state index contributed by atoms with van der Waals surface area (Å²) in [5.74, 6) is 1.37. The molecule has 0 saturated heterocycles. The highest BCUT2D eigenvalue weighted by Gasteiger charge is 2.04. The van der Waals surface area contributed by atoms with Crippen molar-refractivity contribution in [1.82, 2.24) is 0 Å². The summed E-state index contributed by atoms with van der Waals surface area (Å²) in [5, 5.41) is 7.30. The zero-order chi connectivity index (χ0) is 15.2. The maximum absolute atomic E-state index is 5.84. The van der Waals surface area contributed by atoms with Crippen LogP contribution in [0, 0.1) is 0 Å². The quantitative estimate of drug-likeness (QED) is 0.827. The number of anilines is 2. The highest BCUT2D eigenvalue weighted by atomic mass is 35.5. The van der Waals surface area contributed by atoms with E-state index in [1.165, 1.54) is 0 Å². The molecule has 2 rings (SSSR count). The molecule has 6 heteroatoms. The van der Waals surface area contributed by atoms with Gasteiger partial charge in [0.2, 0.25) is 0 Å². The average Bonchev–Trinajstić information content (AvgIpc) is 2.49. The topological polar surface area (TPSA) is 42.5 Å². The molecule has 4 nitrogen and oxygen atoms in total. The molecule has 0 aliphatic heterocycles. The van der Waals surface area contributed by atoms with Gasteiger partial charge in [0, 0.05) is 34.6 Å². The minimum atomic E-state index is 0.465. The van der Waals surface area contributed by atoms with Gasteiger partial charge in [0.25, 0.3) is 0 Å². The molecule has 0 aliphatic rings. The molecule has 0 aromatic heterocycles. The zero-order valence-corrected chi connectivity index (χ0v) is 13.2. The van der Waals surface area contributed by atoms with Crippen LogP contribution in [0.1, 0.15) is 0 Å². The van der Waals surface area contributed by atoms with Gasteiger partial charge >= 0.3 is 0 Å². The van der Waals surface area contributed by atoms with Crippen molar-refractivity contribution in [3.05, 3.63) is 47.5 Å². The molecule has 2 N–H and O–H groups in total. The Morgan fingerprint density at radius 2 is 1.43 bits per heavy atom. The van der Waals surface area contributed by atoms with Gasteiger partial charge in [-0.15, -0.1) is 0 Å². The lowest BCUT2D eigenvalue weighted by Gasteiger charge is -2.13. The van der Waals surface area contributed by atoms with Gasteiger partial charge in [-0.05, 0) is 36.5 Å². The summed E-state index contributed by atoms with van der Waals surface area (Å²) in [4.78, 5) is 0. The van der Waals surface area contributed by atoms with Crippen LogP contribution in [0.5, 0.6) is 11.5 Å². The summed E-state index contributed by atoms with van der Waals surface area (Å²) < 4.78 is 10.4. The van der Waals surface area contributed by atoms with E-state index in [2.05, 4.69) is 10.6 Å². The lowest BCUT2D eigenvalue weighted by atomic mass is 10.3. The van der Waals surface area contributed by atoms with E-state index in [1.807, 2.05) is 24.3 Å². The summed E-state index contributed by atoms with van der Waals surface area (Å²) in [6.45, 7) is 0. The van der Waals surface area contributed by atoms with Gasteiger partial charge in [0.1, 0.15) is 11.5 Å². The fourth-order valence-electron chi connectivity index (χ4n) is 1.71. The van der Waals surface area contributed by atoms with Crippen LogP contribution in [0.25, 0.3) is 0 Å². The molecule has 0 atom stereocenters. The molecule has 2 aromatic carbocycles. The Kier molecular flexibility index (Phi) is 5.25. The Balaban J connectivity index is 2.06. The second-order valence-electron chi connectivity index (χ2n) is 4.19. The third-order valence-corrected chi connectivity index (χ3v) is 3.17. The molecule has 0 bridgehead atoms. The van der Waals surface area contributed by atoms with E-state index in [1.54, 1.807) is 32.4 Å². The fourth-order valence-corrected chi connectivity index (χ4v) is 2.07. The first-order chi connectivity index (χ1) is 10.1. The van der Waals surface area contributed by atoms with Crippen LogP contribution >= 0.6 is 23.8 Å². The number of nitrogens with one attached hydrogen (secondary N) is 2. The Hall–Kier alpha value is -1.98. The van der Waals surface area contributed by atoms with Crippen molar-refractivity contribution in [2.24, 2.45) is 0 Å². The molecule has 0 aliphatic carbocycles. The third kappa shape index (κ3) is 4.51. The van der Waals surface area contributed by atoms with Gasteiger partial charge in [0.05, 0.1) is 14.2 Å². The molecular weight excluding hydrogens is 308 g/mol. The van der Waals surface area contributed by atoms with Crippen LogP contribution in [0.2, 0.25) is 5.02 Å². The molecule has 0 amide bonds. The van der Waals surface area contributed by atoms with Crippen molar-refractivity contribution in [2.75, 3.05) is 24.9 Å². The van der Waals surface area contributed by atoms with Crippen molar-refractivity contribution in [2.45, 2.75) is 0 Å². The van der Waals surface area contributed by atoms with Crippen LogP contribution in [0.15, 0.2) is 42.5 Å². The van der Waals surface area contributed by atoms with Crippen molar-refractivity contribution in [3.8, 4) is 11.5 Å². The number of halogens is 1. The van der Waals surface area contributed by atoms with Crippen molar-refractivity contribution in [1.29, 1.82) is 0 Å². The molecular formula is C15H15ClN2O2S. The number of ether oxygens (including phenoxy) is 2. The summed E-state index contributed by atoms with van der Waals surface area (Å²) in [6, 6.07) is 12.7. The molecule has 2 aromatic rings. The predicted molar refractivity (Wildman–Crippen MR) is 90.8 cm³/mol. The van der Waals surface area contributed by atoms with E-state index in [4.69, 9.17) is 33.3 Å². The molecule has 0 unspecified atom stereocenters. The SMILES string of the molecule is COc1cc(NC(=S)Nc2ccc(Cl)cc2)cc(OC)c1. The maximum Gasteiger partial charge on any atom is 0.175 e. The van der Waals surface area contributed by atoms with E-state index in [9.17, 15) is 0 Å². The summed E-state index contributed by atoms with van der Waals surface area (Å²) in [5.41, 5.74) is 1.63. The van der Waals surface area contributed by atoms with Crippen molar-refractivity contribution in [3.63, 3.8) is 0 Å². The van der Waals surface area contributed by atoms with E-state index < -0.39 is 0 Å². The Labute approximate surface area is 134 Å². The van der Waals surface area contributed by atoms with Crippen LogP contribution in [0.3, 0.4) is 0 Å². The lowest BCUT2D eigenvalue weighted by Crippen LogP contribution is -2.19. The number of benzene rings is 2. The second-order valence-corrected chi connectivity index (χ2v) is 5.03. The number of hydrogen-bond donors (Lipinski definition) is 2. The van der Waals surface area contributed by atoms with Gasteiger partial charge in [-0.1, -0.05) is 11.6 Å². The van der Waals surface area contributed by atoms with E-state index >= 15 is 0 Å². The monoisotopic (exact) mass is 322 g/mol. The maximum atomic E-state index is 5.84. The molecule has 0 heterocycles. The number of rotatable bonds is 4.